The summed E-state index contributed by atoms with van der Waals surface area (Å²) in [7, 11) is 0. The second-order valence-electron chi connectivity index (χ2n) is 3.91. The number of pyridine rings is 1. The van der Waals surface area contributed by atoms with Crippen molar-refractivity contribution in [2.24, 2.45) is 0 Å². The first-order valence-corrected chi connectivity index (χ1v) is 5.72. The summed E-state index contributed by atoms with van der Waals surface area (Å²) in [6.45, 7) is 0.573. The minimum atomic E-state index is -0.135. The zero-order valence-corrected chi connectivity index (χ0v) is 9.84. The van der Waals surface area contributed by atoms with Crippen molar-refractivity contribution in [2.75, 3.05) is 6.54 Å². The van der Waals surface area contributed by atoms with Crippen LogP contribution in [-0.4, -0.2) is 22.5 Å². The number of phenolic OH excluding ortho intramolecular Hbond substituents is 1. The predicted molar refractivity (Wildman–Crippen MR) is 68.4 cm³/mol. The van der Waals surface area contributed by atoms with E-state index in [1.165, 1.54) is 12.1 Å². The molecule has 0 saturated carbocycles. The standard InChI is InChI=1S/C14H14N2O2/c17-13-3-1-12(2-4-13)14(18)16-10-7-11-5-8-15-9-6-11/h1-6,8-9,17H,7,10H2,(H,16,18). The summed E-state index contributed by atoms with van der Waals surface area (Å²) in [6.07, 6.45) is 4.24. The Morgan fingerprint density at radius 3 is 2.44 bits per heavy atom. The summed E-state index contributed by atoms with van der Waals surface area (Å²) in [6, 6.07) is 10.0. The van der Waals surface area contributed by atoms with E-state index in [0.717, 1.165) is 12.0 Å². The Morgan fingerprint density at radius 2 is 1.78 bits per heavy atom. The highest BCUT2D eigenvalue weighted by molar-refractivity contribution is 5.94. The smallest absolute Gasteiger partial charge is 0.251 e. The number of phenols is 1. The van der Waals surface area contributed by atoms with Crippen molar-refractivity contribution in [1.29, 1.82) is 0 Å². The minimum Gasteiger partial charge on any atom is -0.508 e. The molecule has 1 aromatic carbocycles. The van der Waals surface area contributed by atoms with Crippen molar-refractivity contribution in [2.45, 2.75) is 6.42 Å². The molecular weight excluding hydrogens is 228 g/mol. The molecule has 1 amide bonds. The van der Waals surface area contributed by atoms with Crippen molar-refractivity contribution >= 4 is 5.91 Å². The Morgan fingerprint density at radius 1 is 1.11 bits per heavy atom. The zero-order valence-electron chi connectivity index (χ0n) is 9.84. The molecule has 0 bridgehead atoms. The van der Waals surface area contributed by atoms with Crippen molar-refractivity contribution in [3.63, 3.8) is 0 Å². The molecule has 0 fully saturated rings. The van der Waals surface area contributed by atoms with Gasteiger partial charge in [-0.15, -0.1) is 0 Å². The SMILES string of the molecule is O=C(NCCc1ccncc1)c1ccc(O)cc1. The molecule has 0 unspecified atom stereocenters. The van der Waals surface area contributed by atoms with Gasteiger partial charge in [0.05, 0.1) is 0 Å². The van der Waals surface area contributed by atoms with Gasteiger partial charge in [0.15, 0.2) is 0 Å². The van der Waals surface area contributed by atoms with Crippen LogP contribution in [-0.2, 0) is 6.42 Å². The number of hydrogen-bond acceptors (Lipinski definition) is 3. The lowest BCUT2D eigenvalue weighted by Crippen LogP contribution is -2.25. The summed E-state index contributed by atoms with van der Waals surface area (Å²) >= 11 is 0. The van der Waals surface area contributed by atoms with Gasteiger partial charge in [-0.25, -0.2) is 0 Å². The molecule has 0 saturated heterocycles. The molecule has 1 aromatic heterocycles. The van der Waals surface area contributed by atoms with Crippen molar-refractivity contribution in [3.05, 3.63) is 59.9 Å². The zero-order chi connectivity index (χ0) is 12.8. The van der Waals surface area contributed by atoms with E-state index in [1.807, 2.05) is 12.1 Å². The van der Waals surface area contributed by atoms with Gasteiger partial charge in [-0.2, -0.15) is 0 Å². The van der Waals surface area contributed by atoms with Gasteiger partial charge in [0.25, 0.3) is 5.91 Å². The Hall–Kier alpha value is -2.36. The molecular formula is C14H14N2O2. The summed E-state index contributed by atoms with van der Waals surface area (Å²) in [5.41, 5.74) is 1.68. The third-order valence-electron chi connectivity index (χ3n) is 2.58. The van der Waals surface area contributed by atoms with E-state index in [0.29, 0.717) is 12.1 Å². The largest absolute Gasteiger partial charge is 0.508 e. The molecule has 4 nitrogen and oxygen atoms in total. The first-order chi connectivity index (χ1) is 8.75. The number of nitrogens with zero attached hydrogens (tertiary/aromatic N) is 1. The van der Waals surface area contributed by atoms with E-state index < -0.39 is 0 Å². The monoisotopic (exact) mass is 242 g/mol. The lowest BCUT2D eigenvalue weighted by Gasteiger charge is -2.05. The molecule has 4 heteroatoms. The number of aromatic hydroxyl groups is 1. The average Bonchev–Trinajstić information content (AvgIpc) is 2.40. The molecule has 0 aliphatic rings. The maximum absolute atomic E-state index is 11.7. The third-order valence-corrected chi connectivity index (χ3v) is 2.58. The summed E-state index contributed by atoms with van der Waals surface area (Å²) in [4.78, 5) is 15.7. The number of benzene rings is 1. The second-order valence-corrected chi connectivity index (χ2v) is 3.91. The summed E-state index contributed by atoms with van der Waals surface area (Å²) in [5.74, 6) is 0.0207. The first-order valence-electron chi connectivity index (χ1n) is 5.72. The first kappa shape index (κ1) is 12.1. The number of aromatic nitrogens is 1. The number of nitrogens with one attached hydrogen (secondary N) is 1. The van der Waals surface area contributed by atoms with Crippen molar-refractivity contribution in [3.8, 4) is 5.75 Å². The van der Waals surface area contributed by atoms with Crippen LogP contribution < -0.4 is 5.32 Å². The van der Waals surface area contributed by atoms with Crippen LogP contribution in [0.2, 0.25) is 0 Å². The number of hydrogen-bond donors (Lipinski definition) is 2. The van der Waals surface area contributed by atoms with Gasteiger partial charge in [-0.3, -0.25) is 9.78 Å². The highest BCUT2D eigenvalue weighted by Gasteiger charge is 2.04. The maximum atomic E-state index is 11.7. The molecule has 1 heterocycles. The highest BCUT2D eigenvalue weighted by Crippen LogP contribution is 2.09. The molecule has 0 atom stereocenters. The van der Waals surface area contributed by atoms with Gasteiger partial charge in [-0.05, 0) is 48.4 Å². The fourth-order valence-electron chi connectivity index (χ4n) is 1.58. The normalized spacial score (nSPS) is 10.0. The summed E-state index contributed by atoms with van der Waals surface area (Å²) in [5, 5.41) is 12.0. The Labute approximate surface area is 105 Å². The van der Waals surface area contributed by atoms with Crippen molar-refractivity contribution < 1.29 is 9.90 Å². The van der Waals surface area contributed by atoms with E-state index in [-0.39, 0.29) is 11.7 Å². The van der Waals surface area contributed by atoms with Gasteiger partial charge in [0.1, 0.15) is 5.75 Å². The molecule has 0 spiro atoms. The summed E-state index contributed by atoms with van der Waals surface area (Å²) < 4.78 is 0. The Kier molecular flexibility index (Phi) is 3.91. The molecule has 0 aliphatic carbocycles. The quantitative estimate of drug-likeness (QED) is 0.858. The fourth-order valence-corrected chi connectivity index (χ4v) is 1.58. The van der Waals surface area contributed by atoms with Crippen LogP contribution in [0.15, 0.2) is 48.8 Å². The van der Waals surface area contributed by atoms with Crippen LogP contribution in [0, 0.1) is 0 Å². The maximum Gasteiger partial charge on any atom is 0.251 e. The van der Waals surface area contributed by atoms with Gasteiger partial charge in [-0.1, -0.05) is 0 Å². The Bertz CT molecular complexity index is 509. The van der Waals surface area contributed by atoms with Crippen molar-refractivity contribution in [1.82, 2.24) is 10.3 Å². The van der Waals surface area contributed by atoms with E-state index >= 15 is 0 Å². The van der Waals surface area contributed by atoms with Gasteiger partial charge in [0.2, 0.25) is 0 Å². The number of carbonyl (C=O) groups is 1. The molecule has 2 N–H and O–H groups in total. The average molecular weight is 242 g/mol. The minimum absolute atomic E-state index is 0.135. The molecule has 18 heavy (non-hydrogen) atoms. The number of rotatable bonds is 4. The van der Waals surface area contributed by atoms with E-state index in [9.17, 15) is 4.79 Å². The third kappa shape index (κ3) is 3.31. The van der Waals surface area contributed by atoms with Gasteiger partial charge < -0.3 is 10.4 Å². The lowest BCUT2D eigenvalue weighted by molar-refractivity contribution is 0.0954. The van der Waals surface area contributed by atoms with Crippen LogP contribution in [0.1, 0.15) is 15.9 Å². The van der Waals surface area contributed by atoms with Crippen LogP contribution in [0.25, 0.3) is 0 Å². The molecule has 2 aromatic rings. The van der Waals surface area contributed by atoms with E-state index in [2.05, 4.69) is 10.3 Å². The van der Waals surface area contributed by atoms with E-state index in [4.69, 9.17) is 5.11 Å². The van der Waals surface area contributed by atoms with Crippen LogP contribution in [0.4, 0.5) is 0 Å². The van der Waals surface area contributed by atoms with E-state index in [1.54, 1.807) is 24.5 Å². The topological polar surface area (TPSA) is 62.2 Å². The predicted octanol–water partition coefficient (Wildman–Crippen LogP) is 1.76. The number of carbonyl (C=O) groups excluding carboxylic acids is 1. The molecule has 0 aliphatic heterocycles. The molecule has 2 rings (SSSR count). The Balaban J connectivity index is 1.84. The second kappa shape index (κ2) is 5.82. The number of amides is 1. The van der Waals surface area contributed by atoms with Crippen LogP contribution in [0.3, 0.4) is 0 Å². The van der Waals surface area contributed by atoms with Crippen LogP contribution in [0.5, 0.6) is 5.75 Å². The van der Waals surface area contributed by atoms with Gasteiger partial charge in [0, 0.05) is 24.5 Å². The fraction of sp³-hybridized carbons (Fsp3) is 0.143. The lowest BCUT2D eigenvalue weighted by atomic mass is 10.2. The highest BCUT2D eigenvalue weighted by atomic mass is 16.3. The van der Waals surface area contributed by atoms with Crippen LogP contribution >= 0.6 is 0 Å². The molecule has 0 radical (unpaired) electrons. The molecule has 92 valence electrons. The van der Waals surface area contributed by atoms with Gasteiger partial charge >= 0.3 is 0 Å².